The molecule has 0 saturated heterocycles. The average molecular weight is 269 g/mol. The summed E-state index contributed by atoms with van der Waals surface area (Å²) in [6, 6.07) is 6.78. The third kappa shape index (κ3) is 1.61. The van der Waals surface area contributed by atoms with E-state index in [4.69, 9.17) is 0 Å². The lowest BCUT2D eigenvalue weighted by molar-refractivity contribution is 0.869. The number of fused-ring (bicyclic) bond motifs is 1. The Balaban J connectivity index is 2.69. The van der Waals surface area contributed by atoms with E-state index >= 15 is 0 Å². The summed E-state index contributed by atoms with van der Waals surface area (Å²) in [4.78, 5) is 0. The van der Waals surface area contributed by atoms with Gasteiger partial charge in [0.15, 0.2) is 0 Å². The van der Waals surface area contributed by atoms with E-state index in [1.165, 1.54) is 25.0 Å². The molecule has 14 heavy (non-hydrogen) atoms. The van der Waals surface area contributed by atoms with Gasteiger partial charge in [-0.05, 0) is 57.4 Å². The van der Waals surface area contributed by atoms with E-state index in [1.54, 1.807) is 0 Å². The lowest BCUT2D eigenvalue weighted by Crippen LogP contribution is -1.85. The molecule has 0 atom stereocenters. The molecule has 2 rings (SSSR count). The maximum atomic E-state index is 3.59. The van der Waals surface area contributed by atoms with Crippen molar-refractivity contribution in [3.8, 4) is 0 Å². The first-order valence-corrected chi connectivity index (χ1v) is 6.39. The molecule has 2 aromatic rings. The van der Waals surface area contributed by atoms with Gasteiger partial charge in [-0.2, -0.15) is 0 Å². The predicted molar refractivity (Wildman–Crippen MR) is 68.4 cm³/mol. The second-order valence-electron chi connectivity index (χ2n) is 3.91. The van der Waals surface area contributed by atoms with Crippen molar-refractivity contribution >= 4 is 37.4 Å². The van der Waals surface area contributed by atoms with Gasteiger partial charge in [0.2, 0.25) is 0 Å². The largest absolute Gasteiger partial charge is 0.128 e. The lowest BCUT2D eigenvalue weighted by Gasteiger charge is -2.04. The topological polar surface area (TPSA) is 0 Å². The molecule has 2 heteroatoms. The van der Waals surface area contributed by atoms with Crippen molar-refractivity contribution < 1.29 is 0 Å². The van der Waals surface area contributed by atoms with E-state index in [-0.39, 0.29) is 0 Å². The minimum absolute atomic E-state index is 0.609. The molecule has 0 fully saturated rings. The Morgan fingerprint density at radius 1 is 1.29 bits per heavy atom. The van der Waals surface area contributed by atoms with Gasteiger partial charge in [0.1, 0.15) is 0 Å². The zero-order chi connectivity index (χ0) is 10.3. The first kappa shape index (κ1) is 10.2. The quantitative estimate of drug-likeness (QED) is 0.676. The van der Waals surface area contributed by atoms with Gasteiger partial charge in [0.25, 0.3) is 0 Å². The van der Waals surface area contributed by atoms with Crippen LogP contribution in [0, 0.1) is 6.92 Å². The molecule has 74 valence electrons. The summed E-state index contributed by atoms with van der Waals surface area (Å²) in [5.41, 5.74) is 2.79. The summed E-state index contributed by atoms with van der Waals surface area (Å²) in [6.07, 6.45) is 0. The van der Waals surface area contributed by atoms with Crippen molar-refractivity contribution in [2.45, 2.75) is 26.7 Å². The number of rotatable bonds is 1. The van der Waals surface area contributed by atoms with Crippen LogP contribution in [0.5, 0.6) is 0 Å². The van der Waals surface area contributed by atoms with Crippen LogP contribution in [-0.2, 0) is 0 Å². The van der Waals surface area contributed by atoms with Gasteiger partial charge in [0.05, 0.1) is 3.79 Å². The minimum Gasteiger partial charge on any atom is -0.128 e. The smallest absolute Gasteiger partial charge is 0.0740 e. The highest BCUT2D eigenvalue weighted by Crippen LogP contribution is 2.36. The molecule has 0 amide bonds. The van der Waals surface area contributed by atoms with Crippen LogP contribution >= 0.6 is 27.3 Å². The van der Waals surface area contributed by atoms with Gasteiger partial charge in [-0.25, -0.2) is 0 Å². The number of benzene rings is 1. The van der Waals surface area contributed by atoms with Crippen LogP contribution in [0.4, 0.5) is 0 Å². The van der Waals surface area contributed by atoms with Crippen molar-refractivity contribution in [3.05, 3.63) is 33.1 Å². The maximum absolute atomic E-state index is 3.59. The molecule has 0 aliphatic heterocycles. The highest BCUT2D eigenvalue weighted by molar-refractivity contribution is 9.11. The number of hydrogen-bond donors (Lipinski definition) is 0. The average Bonchev–Trinajstić information content (AvgIpc) is 2.43. The van der Waals surface area contributed by atoms with Gasteiger partial charge in [-0.15, -0.1) is 11.3 Å². The number of halogens is 1. The Morgan fingerprint density at radius 2 is 2.00 bits per heavy atom. The zero-order valence-electron chi connectivity index (χ0n) is 8.60. The lowest BCUT2D eigenvalue weighted by atomic mass is 10.0. The standard InChI is InChI=1S/C12H13BrS/c1-7(2)9-4-5-11-10(6-9)8(3)12(13)14-11/h4-7H,1-3H3. The molecule has 0 spiro atoms. The third-order valence-corrected chi connectivity index (χ3v) is 4.71. The van der Waals surface area contributed by atoms with Crippen LogP contribution in [0.15, 0.2) is 22.0 Å². The fourth-order valence-corrected chi connectivity index (χ4v) is 3.22. The minimum atomic E-state index is 0.609. The molecular weight excluding hydrogens is 256 g/mol. The summed E-state index contributed by atoms with van der Waals surface area (Å²) >= 11 is 5.40. The van der Waals surface area contributed by atoms with Gasteiger partial charge in [0, 0.05) is 4.70 Å². The van der Waals surface area contributed by atoms with Gasteiger partial charge in [-0.1, -0.05) is 19.9 Å². The van der Waals surface area contributed by atoms with Crippen molar-refractivity contribution in [1.29, 1.82) is 0 Å². The van der Waals surface area contributed by atoms with E-state index in [2.05, 4.69) is 54.9 Å². The van der Waals surface area contributed by atoms with Crippen molar-refractivity contribution in [2.75, 3.05) is 0 Å². The van der Waals surface area contributed by atoms with Crippen molar-refractivity contribution in [3.63, 3.8) is 0 Å². The van der Waals surface area contributed by atoms with E-state index in [9.17, 15) is 0 Å². The highest BCUT2D eigenvalue weighted by Gasteiger charge is 2.07. The van der Waals surface area contributed by atoms with Crippen LogP contribution in [0.2, 0.25) is 0 Å². The van der Waals surface area contributed by atoms with E-state index in [0.717, 1.165) is 0 Å². The number of aryl methyl sites for hydroxylation is 1. The second kappa shape index (κ2) is 3.67. The monoisotopic (exact) mass is 268 g/mol. The number of thiophene rings is 1. The predicted octanol–water partition coefficient (Wildman–Crippen LogP) is 5.10. The molecule has 1 aromatic heterocycles. The molecule has 0 aliphatic carbocycles. The normalized spacial score (nSPS) is 11.5. The molecule has 0 nitrogen and oxygen atoms in total. The van der Waals surface area contributed by atoms with E-state index in [0.29, 0.717) is 5.92 Å². The molecule has 0 aliphatic rings. The van der Waals surface area contributed by atoms with Crippen LogP contribution in [0.3, 0.4) is 0 Å². The molecular formula is C12H13BrS. The molecule has 0 bridgehead atoms. The van der Waals surface area contributed by atoms with Crippen LogP contribution < -0.4 is 0 Å². The Labute approximate surface area is 97.1 Å². The van der Waals surface area contributed by atoms with Gasteiger partial charge >= 0.3 is 0 Å². The molecule has 0 N–H and O–H groups in total. The summed E-state index contributed by atoms with van der Waals surface area (Å²) in [5, 5.41) is 1.40. The Bertz CT molecular complexity index is 468. The van der Waals surface area contributed by atoms with Gasteiger partial charge in [-0.3, -0.25) is 0 Å². The Morgan fingerprint density at radius 3 is 2.64 bits per heavy atom. The molecule has 1 aromatic carbocycles. The fraction of sp³-hybridized carbons (Fsp3) is 0.333. The summed E-state index contributed by atoms with van der Waals surface area (Å²) in [7, 11) is 0. The van der Waals surface area contributed by atoms with E-state index < -0.39 is 0 Å². The SMILES string of the molecule is Cc1c(Br)sc2ccc(C(C)C)cc12. The third-order valence-electron chi connectivity index (χ3n) is 2.57. The Kier molecular flexibility index (Phi) is 2.67. The van der Waals surface area contributed by atoms with Crippen molar-refractivity contribution in [1.82, 2.24) is 0 Å². The summed E-state index contributed by atoms with van der Waals surface area (Å²) < 4.78 is 2.63. The number of hydrogen-bond acceptors (Lipinski definition) is 1. The van der Waals surface area contributed by atoms with Gasteiger partial charge < -0.3 is 0 Å². The summed E-state index contributed by atoms with van der Waals surface area (Å²) in [6.45, 7) is 6.64. The van der Waals surface area contributed by atoms with Crippen LogP contribution in [0.1, 0.15) is 30.9 Å². The zero-order valence-corrected chi connectivity index (χ0v) is 11.0. The highest BCUT2D eigenvalue weighted by atomic mass is 79.9. The fourth-order valence-electron chi connectivity index (χ4n) is 1.57. The first-order chi connectivity index (χ1) is 6.59. The van der Waals surface area contributed by atoms with Crippen molar-refractivity contribution in [2.24, 2.45) is 0 Å². The van der Waals surface area contributed by atoms with Crippen LogP contribution in [-0.4, -0.2) is 0 Å². The van der Waals surface area contributed by atoms with Crippen LogP contribution in [0.25, 0.3) is 10.1 Å². The van der Waals surface area contributed by atoms with E-state index in [1.807, 2.05) is 11.3 Å². The Hall–Kier alpha value is -0.340. The summed E-state index contributed by atoms with van der Waals surface area (Å²) in [5.74, 6) is 0.609. The second-order valence-corrected chi connectivity index (χ2v) is 6.28. The maximum Gasteiger partial charge on any atom is 0.0740 e. The molecule has 0 unspecified atom stereocenters. The molecule has 0 saturated carbocycles. The first-order valence-electron chi connectivity index (χ1n) is 4.78. The molecule has 1 heterocycles. The molecule has 0 radical (unpaired) electrons.